The molecule has 1 heterocycles. The highest BCUT2D eigenvalue weighted by Gasteiger charge is 2.26. The molecule has 1 aliphatic rings. The maximum Gasteiger partial charge on any atom is 0.0494 e. The maximum atomic E-state index is 5.96. The van der Waals surface area contributed by atoms with Gasteiger partial charge < -0.3 is 10.3 Å². The highest BCUT2D eigenvalue weighted by Crippen LogP contribution is 2.37. The van der Waals surface area contributed by atoms with Crippen molar-refractivity contribution in [2.45, 2.75) is 31.7 Å². The molecule has 2 aromatic rings. The van der Waals surface area contributed by atoms with Gasteiger partial charge in [0.05, 0.1) is 0 Å². The quantitative estimate of drug-likeness (QED) is 0.890. The molecule has 1 aliphatic carbocycles. The molecule has 0 spiro atoms. The molecule has 0 aliphatic heterocycles. The van der Waals surface area contributed by atoms with E-state index in [-0.39, 0.29) is 0 Å². The fourth-order valence-corrected chi connectivity index (χ4v) is 3.82. The smallest absolute Gasteiger partial charge is 0.0494 e. The van der Waals surface area contributed by atoms with Gasteiger partial charge in [-0.2, -0.15) is 0 Å². The van der Waals surface area contributed by atoms with Crippen LogP contribution in [0.15, 0.2) is 34.9 Å². The summed E-state index contributed by atoms with van der Waals surface area (Å²) in [5.41, 5.74) is 7.29. The van der Waals surface area contributed by atoms with Gasteiger partial charge in [0.2, 0.25) is 0 Å². The number of aromatic nitrogens is 1. The van der Waals surface area contributed by atoms with Crippen LogP contribution in [0.25, 0.3) is 10.9 Å². The van der Waals surface area contributed by atoms with E-state index in [9.17, 15) is 0 Å². The van der Waals surface area contributed by atoms with E-state index < -0.39 is 0 Å². The molecule has 0 saturated heterocycles. The lowest BCUT2D eigenvalue weighted by Crippen LogP contribution is -2.28. The number of nitrogens with zero attached hydrogens (tertiary/aromatic N) is 1. The van der Waals surface area contributed by atoms with E-state index in [0.29, 0.717) is 12.0 Å². The fourth-order valence-electron chi connectivity index (χ4n) is 3.27. The molecule has 1 saturated carbocycles. The van der Waals surface area contributed by atoms with E-state index in [1.807, 2.05) is 0 Å². The van der Waals surface area contributed by atoms with E-state index in [0.717, 1.165) is 6.54 Å². The third-order valence-electron chi connectivity index (χ3n) is 4.22. The summed E-state index contributed by atoms with van der Waals surface area (Å²) in [6.45, 7) is 0.800. The largest absolute Gasteiger partial charge is 0.343 e. The number of hydrogen-bond acceptors (Lipinski definition) is 1. The van der Waals surface area contributed by atoms with Crippen LogP contribution >= 0.6 is 15.9 Å². The van der Waals surface area contributed by atoms with Crippen LogP contribution in [0.4, 0.5) is 0 Å². The average Bonchev–Trinajstić information content (AvgIpc) is 2.77. The predicted octanol–water partition coefficient (Wildman–Crippen LogP) is 4.09. The number of nitrogens with two attached hydrogens (primary N) is 1. The van der Waals surface area contributed by atoms with Crippen molar-refractivity contribution in [3.63, 3.8) is 0 Å². The van der Waals surface area contributed by atoms with Gasteiger partial charge in [0, 0.05) is 27.6 Å². The Morgan fingerprint density at radius 3 is 2.83 bits per heavy atom. The number of para-hydroxylation sites is 1. The highest BCUT2D eigenvalue weighted by atomic mass is 79.9. The monoisotopic (exact) mass is 306 g/mol. The lowest BCUT2D eigenvalue weighted by molar-refractivity contribution is 0.250. The first-order valence-electron chi connectivity index (χ1n) is 6.76. The van der Waals surface area contributed by atoms with Crippen LogP contribution < -0.4 is 5.73 Å². The molecule has 18 heavy (non-hydrogen) atoms. The van der Waals surface area contributed by atoms with Gasteiger partial charge >= 0.3 is 0 Å². The average molecular weight is 307 g/mol. The summed E-state index contributed by atoms with van der Waals surface area (Å²) >= 11 is 3.67. The molecule has 2 nitrogen and oxygen atoms in total. The second kappa shape index (κ2) is 5.06. The fraction of sp³-hybridized carbons (Fsp3) is 0.467. The van der Waals surface area contributed by atoms with Crippen molar-refractivity contribution < 1.29 is 0 Å². The molecular formula is C15H19BrN2. The van der Waals surface area contributed by atoms with E-state index in [4.69, 9.17) is 5.73 Å². The Hall–Kier alpha value is -0.800. The summed E-state index contributed by atoms with van der Waals surface area (Å²) in [5, 5.41) is 1.30. The van der Waals surface area contributed by atoms with Gasteiger partial charge in [-0.3, -0.25) is 0 Å². The molecule has 1 aromatic carbocycles. The molecule has 3 heteroatoms. The van der Waals surface area contributed by atoms with Crippen LogP contribution in [0.5, 0.6) is 0 Å². The molecule has 1 aromatic heterocycles. The standard InChI is InChI=1S/C15H19BrN2/c16-13-10-18(15-8-4-2-6-12(13)15)14-7-3-1-5-11(14)9-17/h2,4,6,8,10-11,14H,1,3,5,7,9,17H2. The first-order chi connectivity index (χ1) is 8.81. The van der Waals surface area contributed by atoms with E-state index in [1.165, 1.54) is 41.1 Å². The number of halogens is 1. The lowest BCUT2D eigenvalue weighted by Gasteiger charge is -2.32. The molecule has 2 unspecified atom stereocenters. The number of hydrogen-bond donors (Lipinski definition) is 1. The minimum absolute atomic E-state index is 0.569. The second-order valence-corrected chi connectivity index (χ2v) is 6.10. The highest BCUT2D eigenvalue weighted by molar-refractivity contribution is 9.10. The molecule has 3 rings (SSSR count). The molecule has 0 radical (unpaired) electrons. The minimum Gasteiger partial charge on any atom is -0.343 e. The third kappa shape index (κ3) is 1.99. The summed E-state index contributed by atoms with van der Waals surface area (Å²) in [7, 11) is 0. The van der Waals surface area contributed by atoms with Crippen molar-refractivity contribution >= 4 is 26.8 Å². The summed E-state index contributed by atoms with van der Waals surface area (Å²) in [5.74, 6) is 0.626. The van der Waals surface area contributed by atoms with Crippen molar-refractivity contribution in [3.8, 4) is 0 Å². The van der Waals surface area contributed by atoms with Crippen molar-refractivity contribution in [1.29, 1.82) is 0 Å². The van der Waals surface area contributed by atoms with E-state index in [1.54, 1.807) is 0 Å². The van der Waals surface area contributed by atoms with Crippen LogP contribution in [-0.4, -0.2) is 11.1 Å². The molecule has 0 amide bonds. The summed E-state index contributed by atoms with van der Waals surface area (Å²) < 4.78 is 3.63. The minimum atomic E-state index is 0.569. The Labute approximate surface area is 116 Å². The summed E-state index contributed by atoms with van der Waals surface area (Å²) in [6, 6.07) is 9.17. The summed E-state index contributed by atoms with van der Waals surface area (Å²) in [4.78, 5) is 0. The van der Waals surface area contributed by atoms with Gasteiger partial charge in [-0.15, -0.1) is 0 Å². The SMILES string of the molecule is NCC1CCCCC1n1cc(Br)c2ccccc21. The third-order valence-corrected chi connectivity index (χ3v) is 4.85. The van der Waals surface area contributed by atoms with Crippen molar-refractivity contribution in [1.82, 2.24) is 4.57 Å². The van der Waals surface area contributed by atoms with E-state index >= 15 is 0 Å². The van der Waals surface area contributed by atoms with Crippen LogP contribution in [0.2, 0.25) is 0 Å². The van der Waals surface area contributed by atoms with E-state index in [2.05, 4.69) is 51.0 Å². The Kier molecular flexibility index (Phi) is 3.44. The van der Waals surface area contributed by atoms with Crippen molar-refractivity contribution in [2.75, 3.05) is 6.54 Å². The van der Waals surface area contributed by atoms with Gasteiger partial charge in [0.15, 0.2) is 0 Å². The van der Waals surface area contributed by atoms with Gasteiger partial charge in [0.1, 0.15) is 0 Å². The Morgan fingerprint density at radius 1 is 1.22 bits per heavy atom. The molecule has 2 atom stereocenters. The number of fused-ring (bicyclic) bond motifs is 1. The van der Waals surface area contributed by atoms with Crippen LogP contribution in [0, 0.1) is 5.92 Å². The molecule has 1 fully saturated rings. The van der Waals surface area contributed by atoms with Gasteiger partial charge in [-0.25, -0.2) is 0 Å². The Morgan fingerprint density at radius 2 is 2.00 bits per heavy atom. The zero-order valence-electron chi connectivity index (χ0n) is 10.5. The van der Waals surface area contributed by atoms with Crippen LogP contribution in [0.1, 0.15) is 31.7 Å². The van der Waals surface area contributed by atoms with Crippen LogP contribution in [-0.2, 0) is 0 Å². The maximum absolute atomic E-state index is 5.96. The van der Waals surface area contributed by atoms with Gasteiger partial charge in [-0.05, 0) is 47.3 Å². The number of benzene rings is 1. The van der Waals surface area contributed by atoms with Gasteiger partial charge in [-0.1, -0.05) is 31.0 Å². The summed E-state index contributed by atoms with van der Waals surface area (Å²) in [6.07, 6.45) is 7.42. The van der Waals surface area contributed by atoms with Crippen molar-refractivity contribution in [2.24, 2.45) is 11.7 Å². The Bertz CT molecular complexity index is 546. The first-order valence-corrected chi connectivity index (χ1v) is 7.55. The molecule has 2 N–H and O–H groups in total. The zero-order chi connectivity index (χ0) is 12.5. The molecular weight excluding hydrogens is 288 g/mol. The Balaban J connectivity index is 2.07. The normalized spacial score (nSPS) is 24.6. The lowest BCUT2D eigenvalue weighted by atomic mass is 9.84. The molecule has 0 bridgehead atoms. The van der Waals surface area contributed by atoms with Crippen LogP contribution in [0.3, 0.4) is 0 Å². The second-order valence-electron chi connectivity index (χ2n) is 5.25. The molecule has 96 valence electrons. The van der Waals surface area contributed by atoms with Crippen molar-refractivity contribution in [3.05, 3.63) is 34.9 Å². The van der Waals surface area contributed by atoms with Gasteiger partial charge in [0.25, 0.3) is 0 Å². The topological polar surface area (TPSA) is 30.9 Å². The zero-order valence-corrected chi connectivity index (χ0v) is 12.1. The first kappa shape index (κ1) is 12.2. The predicted molar refractivity (Wildman–Crippen MR) is 79.7 cm³/mol. The number of rotatable bonds is 2.